The third-order valence-electron chi connectivity index (χ3n) is 1.72. The van der Waals surface area contributed by atoms with Crippen LogP contribution in [0.2, 0.25) is 0 Å². The molecule has 0 radical (unpaired) electrons. The zero-order valence-electron chi connectivity index (χ0n) is 7.66. The quantitative estimate of drug-likeness (QED) is 0.574. The second kappa shape index (κ2) is 4.50. The van der Waals surface area contributed by atoms with E-state index in [1.165, 1.54) is 23.0 Å². The SMILES string of the molecule is O=C1CSC(=S)N1N=Cc1ccccn1. The molecule has 1 aliphatic rings. The van der Waals surface area contributed by atoms with Crippen LogP contribution in [0.4, 0.5) is 0 Å². The first-order valence-electron chi connectivity index (χ1n) is 4.22. The van der Waals surface area contributed by atoms with Crippen molar-refractivity contribution in [2.24, 2.45) is 5.10 Å². The van der Waals surface area contributed by atoms with Gasteiger partial charge in [-0.3, -0.25) is 9.78 Å². The molecule has 0 atom stereocenters. The summed E-state index contributed by atoms with van der Waals surface area (Å²) in [7, 11) is 0. The summed E-state index contributed by atoms with van der Waals surface area (Å²) >= 11 is 6.29. The van der Waals surface area contributed by atoms with Gasteiger partial charge in [-0.2, -0.15) is 10.1 Å². The zero-order chi connectivity index (χ0) is 10.7. The highest BCUT2D eigenvalue weighted by atomic mass is 32.2. The van der Waals surface area contributed by atoms with Gasteiger partial charge >= 0.3 is 0 Å². The molecule has 1 aromatic heterocycles. The van der Waals surface area contributed by atoms with Crippen molar-refractivity contribution in [1.82, 2.24) is 9.99 Å². The molecular weight excluding hydrogens is 230 g/mol. The maximum atomic E-state index is 11.3. The first-order chi connectivity index (χ1) is 7.27. The van der Waals surface area contributed by atoms with E-state index in [0.717, 1.165) is 0 Å². The van der Waals surface area contributed by atoms with Crippen LogP contribution in [0.5, 0.6) is 0 Å². The molecule has 0 saturated carbocycles. The molecule has 0 spiro atoms. The highest BCUT2D eigenvalue weighted by Crippen LogP contribution is 2.19. The summed E-state index contributed by atoms with van der Waals surface area (Å²) in [6.07, 6.45) is 3.19. The molecule has 0 N–H and O–H groups in total. The number of thioether (sulfide) groups is 1. The van der Waals surface area contributed by atoms with Crippen molar-refractivity contribution in [3.63, 3.8) is 0 Å². The Labute approximate surface area is 96.4 Å². The number of thiocarbonyl (C=S) groups is 1. The number of carbonyl (C=O) groups excluding carboxylic acids is 1. The van der Waals surface area contributed by atoms with E-state index >= 15 is 0 Å². The summed E-state index contributed by atoms with van der Waals surface area (Å²) in [4.78, 5) is 15.3. The predicted octanol–water partition coefficient (Wildman–Crippen LogP) is 1.28. The van der Waals surface area contributed by atoms with Crippen molar-refractivity contribution in [2.75, 3.05) is 5.75 Å². The van der Waals surface area contributed by atoms with E-state index in [-0.39, 0.29) is 5.91 Å². The van der Waals surface area contributed by atoms with Crippen LogP contribution in [0.1, 0.15) is 5.69 Å². The van der Waals surface area contributed by atoms with Crippen LogP contribution < -0.4 is 0 Å². The fourth-order valence-corrected chi connectivity index (χ4v) is 1.99. The number of hydrazone groups is 1. The number of rotatable bonds is 2. The molecule has 1 fully saturated rings. The van der Waals surface area contributed by atoms with Gasteiger partial charge < -0.3 is 0 Å². The number of aromatic nitrogens is 1. The lowest BCUT2D eigenvalue weighted by Crippen LogP contribution is -2.22. The fourth-order valence-electron chi connectivity index (χ4n) is 1.03. The van der Waals surface area contributed by atoms with Gasteiger partial charge in [0.05, 0.1) is 17.7 Å². The van der Waals surface area contributed by atoms with Gasteiger partial charge in [0.15, 0.2) is 4.32 Å². The van der Waals surface area contributed by atoms with Crippen molar-refractivity contribution in [1.29, 1.82) is 0 Å². The summed E-state index contributed by atoms with van der Waals surface area (Å²) in [5.41, 5.74) is 0.699. The Bertz CT molecular complexity index is 403. The maximum Gasteiger partial charge on any atom is 0.259 e. The summed E-state index contributed by atoms with van der Waals surface area (Å²) in [6, 6.07) is 5.48. The number of nitrogens with zero attached hydrogens (tertiary/aromatic N) is 3. The van der Waals surface area contributed by atoms with Crippen LogP contribution in [0.3, 0.4) is 0 Å². The number of amides is 1. The summed E-state index contributed by atoms with van der Waals surface area (Å²) < 4.78 is 0.493. The molecule has 0 aromatic carbocycles. The van der Waals surface area contributed by atoms with Gasteiger partial charge in [0.25, 0.3) is 5.91 Å². The Morgan fingerprint density at radius 3 is 3.07 bits per heavy atom. The summed E-state index contributed by atoms with van der Waals surface area (Å²) in [5.74, 6) is 0.287. The lowest BCUT2D eigenvalue weighted by Gasteiger charge is -2.05. The van der Waals surface area contributed by atoms with Crippen LogP contribution in [0, 0.1) is 0 Å². The third-order valence-corrected chi connectivity index (χ3v) is 3.06. The van der Waals surface area contributed by atoms with E-state index in [9.17, 15) is 4.79 Å². The number of hydrogen-bond acceptors (Lipinski definition) is 5. The Balaban J connectivity index is 2.12. The molecule has 4 nitrogen and oxygen atoms in total. The highest BCUT2D eigenvalue weighted by Gasteiger charge is 2.25. The second-order valence-corrected chi connectivity index (χ2v) is 4.37. The van der Waals surface area contributed by atoms with Crippen molar-refractivity contribution < 1.29 is 4.79 Å². The Morgan fingerprint density at radius 1 is 1.60 bits per heavy atom. The zero-order valence-corrected chi connectivity index (χ0v) is 9.29. The van der Waals surface area contributed by atoms with Gasteiger partial charge in [-0.05, 0) is 12.1 Å². The third kappa shape index (κ3) is 2.40. The minimum Gasteiger partial charge on any atom is -0.272 e. The van der Waals surface area contributed by atoms with E-state index in [4.69, 9.17) is 12.2 Å². The van der Waals surface area contributed by atoms with E-state index in [0.29, 0.717) is 15.8 Å². The first-order valence-corrected chi connectivity index (χ1v) is 5.61. The molecule has 0 bridgehead atoms. The van der Waals surface area contributed by atoms with Gasteiger partial charge in [-0.1, -0.05) is 30.0 Å². The lowest BCUT2D eigenvalue weighted by molar-refractivity contribution is -0.123. The fraction of sp³-hybridized carbons (Fsp3) is 0.111. The molecular formula is C9H7N3OS2. The molecule has 1 aliphatic heterocycles. The van der Waals surface area contributed by atoms with Crippen molar-refractivity contribution in [3.05, 3.63) is 30.1 Å². The number of pyridine rings is 1. The normalized spacial score (nSPS) is 16.7. The van der Waals surface area contributed by atoms with Gasteiger partial charge in [0.2, 0.25) is 0 Å². The van der Waals surface area contributed by atoms with E-state index in [1.54, 1.807) is 12.3 Å². The van der Waals surface area contributed by atoms with Crippen molar-refractivity contribution in [2.45, 2.75) is 0 Å². The largest absolute Gasteiger partial charge is 0.272 e. The molecule has 0 unspecified atom stereocenters. The van der Waals surface area contributed by atoms with Gasteiger partial charge in [-0.25, -0.2) is 0 Å². The van der Waals surface area contributed by atoms with Gasteiger partial charge in [0, 0.05) is 6.20 Å². The topological polar surface area (TPSA) is 45.6 Å². The van der Waals surface area contributed by atoms with E-state index in [2.05, 4.69) is 10.1 Å². The Kier molecular flexibility index (Phi) is 3.08. The maximum absolute atomic E-state index is 11.3. The summed E-state index contributed by atoms with van der Waals surface area (Å²) in [5, 5.41) is 5.22. The molecule has 15 heavy (non-hydrogen) atoms. The molecule has 1 saturated heterocycles. The standard InChI is InChI=1S/C9H7N3OS2/c13-8-6-15-9(14)12(8)11-5-7-3-1-2-4-10-7/h1-5H,6H2. The number of carbonyl (C=O) groups is 1. The monoisotopic (exact) mass is 237 g/mol. The molecule has 2 rings (SSSR count). The van der Waals surface area contributed by atoms with Crippen LogP contribution in [-0.4, -0.2) is 32.2 Å². The molecule has 6 heteroatoms. The van der Waals surface area contributed by atoms with Gasteiger partial charge in [-0.15, -0.1) is 0 Å². The molecule has 1 amide bonds. The second-order valence-electron chi connectivity index (χ2n) is 2.76. The average Bonchev–Trinajstić information content (AvgIpc) is 2.58. The Morgan fingerprint density at radius 2 is 2.47 bits per heavy atom. The Hall–Kier alpha value is -1.27. The smallest absolute Gasteiger partial charge is 0.259 e. The summed E-state index contributed by atoms with van der Waals surface area (Å²) in [6.45, 7) is 0. The minimum atomic E-state index is -0.0859. The minimum absolute atomic E-state index is 0.0859. The van der Waals surface area contributed by atoms with Crippen LogP contribution >= 0.6 is 24.0 Å². The number of hydrogen-bond donors (Lipinski definition) is 0. The molecule has 1 aromatic rings. The highest BCUT2D eigenvalue weighted by molar-refractivity contribution is 8.23. The van der Waals surface area contributed by atoms with Crippen LogP contribution in [-0.2, 0) is 4.79 Å². The van der Waals surface area contributed by atoms with E-state index < -0.39 is 0 Å². The first kappa shape index (κ1) is 10.3. The molecule has 76 valence electrons. The van der Waals surface area contributed by atoms with Crippen molar-refractivity contribution >= 4 is 40.4 Å². The van der Waals surface area contributed by atoms with Crippen molar-refractivity contribution in [3.8, 4) is 0 Å². The average molecular weight is 237 g/mol. The lowest BCUT2D eigenvalue weighted by atomic mass is 10.4. The van der Waals surface area contributed by atoms with Crippen LogP contribution in [0.15, 0.2) is 29.5 Å². The molecule has 0 aliphatic carbocycles. The van der Waals surface area contributed by atoms with E-state index in [1.807, 2.05) is 12.1 Å². The molecule has 2 heterocycles. The van der Waals surface area contributed by atoms with Gasteiger partial charge in [0.1, 0.15) is 0 Å². The van der Waals surface area contributed by atoms with Crippen LogP contribution in [0.25, 0.3) is 0 Å². The predicted molar refractivity (Wildman–Crippen MR) is 63.7 cm³/mol.